The minimum atomic E-state index is 0.777. The van der Waals surface area contributed by atoms with Crippen molar-refractivity contribution in [3.8, 4) is 0 Å². The molecule has 1 atom stereocenters. The summed E-state index contributed by atoms with van der Waals surface area (Å²) in [6.07, 6.45) is 10.0. The molecule has 1 saturated carbocycles. The van der Waals surface area contributed by atoms with Crippen LogP contribution in [0.1, 0.15) is 51.9 Å². The van der Waals surface area contributed by atoms with Crippen molar-refractivity contribution in [1.29, 1.82) is 0 Å². The summed E-state index contributed by atoms with van der Waals surface area (Å²) in [5, 5.41) is 3.67. The van der Waals surface area contributed by atoms with Crippen LogP contribution in [0.15, 0.2) is 0 Å². The van der Waals surface area contributed by atoms with Crippen molar-refractivity contribution in [2.24, 2.45) is 0 Å². The first-order valence-electron chi connectivity index (χ1n) is 6.87. The minimum Gasteiger partial charge on any atom is -0.313 e. The fourth-order valence-corrected chi connectivity index (χ4v) is 3.17. The van der Waals surface area contributed by atoms with Crippen molar-refractivity contribution >= 4 is 0 Å². The second-order valence-corrected chi connectivity index (χ2v) is 5.17. The first-order valence-corrected chi connectivity index (χ1v) is 6.87. The maximum absolute atomic E-state index is 3.67. The Kier molecular flexibility index (Phi) is 4.45. The van der Waals surface area contributed by atoms with Gasteiger partial charge in [0.15, 0.2) is 0 Å². The summed E-state index contributed by atoms with van der Waals surface area (Å²) in [5.41, 5.74) is 0. The lowest BCUT2D eigenvalue weighted by molar-refractivity contribution is 0.175. The largest absolute Gasteiger partial charge is 0.313 e. The Labute approximate surface area is 94.4 Å². The maximum Gasteiger partial charge on any atom is 0.0195 e. The van der Waals surface area contributed by atoms with Crippen LogP contribution in [0, 0.1) is 0 Å². The summed E-state index contributed by atoms with van der Waals surface area (Å²) in [6.45, 7) is 6.10. The minimum absolute atomic E-state index is 0.777. The highest BCUT2D eigenvalue weighted by molar-refractivity contribution is 4.82. The Bertz CT molecular complexity index is 169. The number of nitrogens with zero attached hydrogens (tertiary/aromatic N) is 1. The van der Waals surface area contributed by atoms with E-state index in [1.165, 1.54) is 64.6 Å². The van der Waals surface area contributed by atoms with Crippen LogP contribution >= 0.6 is 0 Å². The molecular weight excluding hydrogens is 184 g/mol. The van der Waals surface area contributed by atoms with Crippen molar-refractivity contribution in [3.63, 3.8) is 0 Å². The summed E-state index contributed by atoms with van der Waals surface area (Å²) in [6, 6.07) is 1.68. The van der Waals surface area contributed by atoms with E-state index in [9.17, 15) is 0 Å². The Morgan fingerprint density at radius 2 is 1.80 bits per heavy atom. The lowest BCUT2D eigenvalue weighted by atomic mass is 10.0. The van der Waals surface area contributed by atoms with Gasteiger partial charge in [0.1, 0.15) is 0 Å². The Balaban J connectivity index is 1.78. The first kappa shape index (κ1) is 11.4. The molecule has 2 aliphatic rings. The van der Waals surface area contributed by atoms with Gasteiger partial charge in [0.25, 0.3) is 0 Å². The van der Waals surface area contributed by atoms with Gasteiger partial charge in [-0.1, -0.05) is 26.2 Å². The summed E-state index contributed by atoms with van der Waals surface area (Å²) < 4.78 is 0. The van der Waals surface area contributed by atoms with E-state index in [0.29, 0.717) is 0 Å². The standard InChI is InChI=1S/C13H26N2/c1-2-15(13-8-3-4-9-13)11-12-7-5-6-10-14-12/h12-14H,2-11H2,1H3. The molecule has 1 aliphatic heterocycles. The zero-order valence-corrected chi connectivity index (χ0v) is 10.2. The van der Waals surface area contributed by atoms with Crippen molar-refractivity contribution in [3.05, 3.63) is 0 Å². The van der Waals surface area contributed by atoms with E-state index in [-0.39, 0.29) is 0 Å². The normalized spacial score (nSPS) is 28.8. The third-order valence-electron chi connectivity index (χ3n) is 4.11. The van der Waals surface area contributed by atoms with Crippen LogP contribution in [-0.4, -0.2) is 36.6 Å². The number of hydrogen-bond donors (Lipinski definition) is 1. The molecule has 0 aromatic carbocycles. The Hall–Kier alpha value is -0.0800. The molecule has 2 nitrogen and oxygen atoms in total. The smallest absolute Gasteiger partial charge is 0.0195 e. The summed E-state index contributed by atoms with van der Waals surface area (Å²) in [7, 11) is 0. The molecule has 0 bridgehead atoms. The zero-order valence-electron chi connectivity index (χ0n) is 10.2. The summed E-state index contributed by atoms with van der Waals surface area (Å²) >= 11 is 0. The predicted octanol–water partition coefficient (Wildman–Crippen LogP) is 2.39. The van der Waals surface area contributed by atoms with Gasteiger partial charge in [0.2, 0.25) is 0 Å². The molecular formula is C13H26N2. The van der Waals surface area contributed by atoms with Gasteiger partial charge in [-0.05, 0) is 38.8 Å². The van der Waals surface area contributed by atoms with E-state index in [2.05, 4.69) is 17.1 Å². The molecule has 1 aliphatic carbocycles. The van der Waals surface area contributed by atoms with E-state index in [1.807, 2.05) is 0 Å². The van der Waals surface area contributed by atoms with Crippen LogP contribution in [0.2, 0.25) is 0 Å². The molecule has 1 heterocycles. The van der Waals surface area contributed by atoms with Crippen LogP contribution in [0.5, 0.6) is 0 Å². The third kappa shape index (κ3) is 3.18. The van der Waals surface area contributed by atoms with Gasteiger partial charge in [-0.15, -0.1) is 0 Å². The van der Waals surface area contributed by atoms with Crippen molar-refractivity contribution in [2.45, 2.75) is 64.0 Å². The molecule has 88 valence electrons. The zero-order chi connectivity index (χ0) is 10.5. The molecule has 1 N–H and O–H groups in total. The topological polar surface area (TPSA) is 15.3 Å². The highest BCUT2D eigenvalue weighted by atomic mass is 15.2. The van der Waals surface area contributed by atoms with Crippen molar-refractivity contribution in [2.75, 3.05) is 19.6 Å². The van der Waals surface area contributed by atoms with Gasteiger partial charge >= 0.3 is 0 Å². The van der Waals surface area contributed by atoms with Crippen LogP contribution in [0.3, 0.4) is 0 Å². The lowest BCUT2D eigenvalue weighted by Crippen LogP contribution is -2.46. The van der Waals surface area contributed by atoms with E-state index >= 15 is 0 Å². The van der Waals surface area contributed by atoms with E-state index in [1.54, 1.807) is 0 Å². The average molecular weight is 210 g/mol. The quantitative estimate of drug-likeness (QED) is 0.766. The molecule has 2 rings (SSSR count). The van der Waals surface area contributed by atoms with Gasteiger partial charge < -0.3 is 5.32 Å². The highest BCUT2D eigenvalue weighted by Gasteiger charge is 2.24. The van der Waals surface area contributed by atoms with Crippen LogP contribution < -0.4 is 5.32 Å². The van der Waals surface area contributed by atoms with Gasteiger partial charge in [0, 0.05) is 18.6 Å². The van der Waals surface area contributed by atoms with Gasteiger partial charge in [-0.25, -0.2) is 0 Å². The van der Waals surface area contributed by atoms with E-state index < -0.39 is 0 Å². The number of piperidine rings is 1. The van der Waals surface area contributed by atoms with Gasteiger partial charge in [-0.2, -0.15) is 0 Å². The number of nitrogens with one attached hydrogen (secondary N) is 1. The molecule has 2 heteroatoms. The average Bonchev–Trinajstić information content (AvgIpc) is 2.81. The number of hydrogen-bond acceptors (Lipinski definition) is 2. The molecule has 0 aromatic heterocycles. The van der Waals surface area contributed by atoms with Gasteiger partial charge in [0.05, 0.1) is 0 Å². The first-order chi connectivity index (χ1) is 7.40. The van der Waals surface area contributed by atoms with Crippen LogP contribution in [-0.2, 0) is 0 Å². The SMILES string of the molecule is CCN(CC1CCCCN1)C1CCCC1. The fraction of sp³-hybridized carbons (Fsp3) is 1.00. The monoisotopic (exact) mass is 210 g/mol. The lowest BCUT2D eigenvalue weighted by Gasteiger charge is -2.33. The second kappa shape index (κ2) is 5.86. The molecule has 1 unspecified atom stereocenters. The van der Waals surface area contributed by atoms with E-state index in [4.69, 9.17) is 0 Å². The molecule has 0 radical (unpaired) electrons. The van der Waals surface area contributed by atoms with Crippen LogP contribution in [0.4, 0.5) is 0 Å². The molecule has 2 fully saturated rings. The summed E-state index contributed by atoms with van der Waals surface area (Å²) in [5.74, 6) is 0. The molecule has 0 aromatic rings. The number of rotatable bonds is 4. The van der Waals surface area contributed by atoms with E-state index in [0.717, 1.165) is 12.1 Å². The summed E-state index contributed by atoms with van der Waals surface area (Å²) in [4.78, 5) is 2.72. The predicted molar refractivity (Wildman–Crippen MR) is 65.1 cm³/mol. The number of likely N-dealkylation sites (N-methyl/N-ethyl adjacent to an activating group) is 1. The van der Waals surface area contributed by atoms with Crippen molar-refractivity contribution in [1.82, 2.24) is 10.2 Å². The molecule has 1 saturated heterocycles. The van der Waals surface area contributed by atoms with Gasteiger partial charge in [-0.3, -0.25) is 4.90 Å². The molecule has 0 amide bonds. The molecule has 15 heavy (non-hydrogen) atoms. The Morgan fingerprint density at radius 1 is 1.07 bits per heavy atom. The highest BCUT2D eigenvalue weighted by Crippen LogP contribution is 2.24. The fourth-order valence-electron chi connectivity index (χ4n) is 3.17. The Morgan fingerprint density at radius 3 is 2.40 bits per heavy atom. The maximum atomic E-state index is 3.67. The third-order valence-corrected chi connectivity index (χ3v) is 4.11. The van der Waals surface area contributed by atoms with Crippen LogP contribution in [0.25, 0.3) is 0 Å². The van der Waals surface area contributed by atoms with Crippen molar-refractivity contribution < 1.29 is 0 Å². The molecule has 0 spiro atoms. The second-order valence-electron chi connectivity index (χ2n) is 5.17.